The van der Waals surface area contributed by atoms with E-state index in [-0.39, 0.29) is 0 Å². The van der Waals surface area contributed by atoms with Crippen molar-refractivity contribution in [2.24, 2.45) is 0 Å². The number of hydrogen-bond donors (Lipinski definition) is 0. The van der Waals surface area contributed by atoms with E-state index in [9.17, 15) is 0 Å². The first-order valence-electron chi connectivity index (χ1n) is 7.48. The van der Waals surface area contributed by atoms with Crippen molar-refractivity contribution >= 4 is 17.3 Å². The summed E-state index contributed by atoms with van der Waals surface area (Å²) in [5.41, 5.74) is 3.84. The molecule has 1 fully saturated rings. The molecule has 0 radical (unpaired) electrons. The van der Waals surface area contributed by atoms with Gasteiger partial charge in [0.25, 0.3) is 0 Å². The lowest BCUT2D eigenvalue weighted by atomic mass is 10.0. The van der Waals surface area contributed by atoms with Gasteiger partial charge in [-0.2, -0.15) is 0 Å². The van der Waals surface area contributed by atoms with Crippen LogP contribution in [0.1, 0.15) is 11.1 Å². The lowest BCUT2D eigenvalue weighted by Crippen LogP contribution is -2.44. The molecule has 1 saturated heterocycles. The average Bonchev–Trinajstić information content (AvgIpc) is 2.51. The second kappa shape index (κ2) is 6.50. The Hall–Kier alpha value is -1.51. The first-order valence-corrected chi connectivity index (χ1v) is 7.86. The first-order chi connectivity index (χ1) is 10.2. The molecule has 110 valence electrons. The number of anilines is 1. The fourth-order valence-corrected chi connectivity index (χ4v) is 2.99. The molecule has 0 atom stereocenters. The van der Waals surface area contributed by atoms with Gasteiger partial charge >= 0.3 is 0 Å². The van der Waals surface area contributed by atoms with Crippen molar-refractivity contribution in [1.82, 2.24) is 4.90 Å². The van der Waals surface area contributed by atoms with Gasteiger partial charge in [0.15, 0.2) is 0 Å². The van der Waals surface area contributed by atoms with Crippen molar-refractivity contribution in [3.05, 3.63) is 64.7 Å². The Labute approximate surface area is 131 Å². The Morgan fingerprint density at radius 2 is 1.71 bits per heavy atom. The van der Waals surface area contributed by atoms with E-state index in [0.717, 1.165) is 37.6 Å². The predicted octanol–water partition coefficient (Wildman–Crippen LogP) is 3.68. The van der Waals surface area contributed by atoms with Crippen molar-refractivity contribution < 1.29 is 0 Å². The quantitative estimate of drug-likeness (QED) is 0.853. The molecule has 1 aliphatic rings. The third kappa shape index (κ3) is 3.58. The topological polar surface area (TPSA) is 6.48 Å². The SMILES string of the molecule is CN1CCN(c2cccc(Cc3ccccc3Cl)c2)CC1. The summed E-state index contributed by atoms with van der Waals surface area (Å²) in [6, 6.07) is 16.9. The van der Waals surface area contributed by atoms with E-state index in [4.69, 9.17) is 11.6 Å². The molecule has 2 aromatic rings. The van der Waals surface area contributed by atoms with E-state index in [1.165, 1.54) is 16.8 Å². The van der Waals surface area contributed by atoms with E-state index in [2.05, 4.69) is 47.2 Å². The zero-order valence-electron chi connectivity index (χ0n) is 12.4. The minimum atomic E-state index is 0.850. The first kappa shape index (κ1) is 14.4. The number of nitrogens with zero attached hydrogens (tertiary/aromatic N) is 2. The van der Waals surface area contributed by atoms with E-state index in [0.29, 0.717) is 0 Å². The van der Waals surface area contributed by atoms with Gasteiger partial charge in [-0.15, -0.1) is 0 Å². The number of rotatable bonds is 3. The van der Waals surface area contributed by atoms with Crippen LogP contribution in [0.15, 0.2) is 48.5 Å². The van der Waals surface area contributed by atoms with Crippen LogP contribution in [0.25, 0.3) is 0 Å². The van der Waals surface area contributed by atoms with E-state index < -0.39 is 0 Å². The fourth-order valence-electron chi connectivity index (χ4n) is 2.79. The van der Waals surface area contributed by atoms with E-state index in [1.54, 1.807) is 0 Å². The fraction of sp³-hybridized carbons (Fsp3) is 0.333. The van der Waals surface area contributed by atoms with Crippen LogP contribution in [-0.4, -0.2) is 38.1 Å². The summed E-state index contributed by atoms with van der Waals surface area (Å²) in [6.45, 7) is 4.47. The summed E-state index contributed by atoms with van der Waals surface area (Å²) >= 11 is 6.26. The minimum Gasteiger partial charge on any atom is -0.369 e. The Morgan fingerprint density at radius 3 is 2.48 bits per heavy atom. The summed E-state index contributed by atoms with van der Waals surface area (Å²) in [5, 5.41) is 0.850. The number of likely N-dealkylation sites (N-methyl/N-ethyl adjacent to an activating group) is 1. The number of halogens is 1. The lowest BCUT2D eigenvalue weighted by Gasteiger charge is -2.34. The highest BCUT2D eigenvalue weighted by Gasteiger charge is 2.14. The normalized spacial score (nSPS) is 16.2. The summed E-state index contributed by atoms with van der Waals surface area (Å²) in [4.78, 5) is 4.85. The third-order valence-electron chi connectivity index (χ3n) is 4.13. The molecule has 1 heterocycles. The highest BCUT2D eigenvalue weighted by Crippen LogP contribution is 2.22. The largest absolute Gasteiger partial charge is 0.369 e. The maximum Gasteiger partial charge on any atom is 0.0441 e. The van der Waals surface area contributed by atoms with Crippen LogP contribution in [0.2, 0.25) is 5.02 Å². The van der Waals surface area contributed by atoms with Gasteiger partial charge in [-0.3, -0.25) is 0 Å². The van der Waals surface area contributed by atoms with Crippen LogP contribution >= 0.6 is 11.6 Å². The zero-order chi connectivity index (χ0) is 14.7. The summed E-state index contributed by atoms with van der Waals surface area (Å²) < 4.78 is 0. The second-order valence-corrected chi connectivity index (χ2v) is 6.14. The van der Waals surface area contributed by atoms with Gasteiger partial charge in [-0.05, 0) is 42.8 Å². The van der Waals surface area contributed by atoms with Crippen LogP contribution in [0.3, 0.4) is 0 Å². The van der Waals surface area contributed by atoms with Crippen LogP contribution in [0, 0.1) is 0 Å². The average molecular weight is 301 g/mol. The van der Waals surface area contributed by atoms with Crippen LogP contribution in [0.5, 0.6) is 0 Å². The molecule has 21 heavy (non-hydrogen) atoms. The lowest BCUT2D eigenvalue weighted by molar-refractivity contribution is 0.313. The van der Waals surface area contributed by atoms with Crippen LogP contribution in [0.4, 0.5) is 5.69 Å². The maximum absolute atomic E-state index is 6.26. The molecule has 0 aromatic heterocycles. The van der Waals surface area contributed by atoms with Gasteiger partial charge in [0, 0.05) is 36.9 Å². The molecule has 0 saturated carbocycles. The molecule has 2 nitrogen and oxygen atoms in total. The number of benzene rings is 2. The Balaban J connectivity index is 1.76. The predicted molar refractivity (Wildman–Crippen MR) is 90.4 cm³/mol. The molecule has 0 amide bonds. The molecule has 2 aromatic carbocycles. The van der Waals surface area contributed by atoms with E-state index >= 15 is 0 Å². The molecule has 0 spiro atoms. The second-order valence-electron chi connectivity index (χ2n) is 5.73. The standard InChI is InChI=1S/C18H21ClN2/c1-20-9-11-21(12-10-20)17-7-4-5-15(14-17)13-16-6-2-3-8-18(16)19/h2-8,14H,9-13H2,1H3. The van der Waals surface area contributed by atoms with Crippen molar-refractivity contribution in [3.8, 4) is 0 Å². The van der Waals surface area contributed by atoms with Gasteiger partial charge in [0.05, 0.1) is 0 Å². The van der Waals surface area contributed by atoms with E-state index in [1.807, 2.05) is 18.2 Å². The van der Waals surface area contributed by atoms with Crippen molar-refractivity contribution in [2.75, 3.05) is 38.1 Å². The molecule has 0 N–H and O–H groups in total. The third-order valence-corrected chi connectivity index (χ3v) is 4.50. The molecular weight excluding hydrogens is 280 g/mol. The molecule has 0 bridgehead atoms. The van der Waals surface area contributed by atoms with Crippen LogP contribution < -0.4 is 4.90 Å². The van der Waals surface area contributed by atoms with Crippen molar-refractivity contribution in [2.45, 2.75) is 6.42 Å². The highest BCUT2D eigenvalue weighted by atomic mass is 35.5. The summed E-state index contributed by atoms with van der Waals surface area (Å²) in [6.07, 6.45) is 0.890. The highest BCUT2D eigenvalue weighted by molar-refractivity contribution is 6.31. The summed E-state index contributed by atoms with van der Waals surface area (Å²) in [7, 11) is 2.19. The molecule has 0 aliphatic carbocycles. The van der Waals surface area contributed by atoms with Crippen LogP contribution in [-0.2, 0) is 6.42 Å². The van der Waals surface area contributed by atoms with Gasteiger partial charge in [-0.25, -0.2) is 0 Å². The molecular formula is C18H21ClN2. The molecule has 1 aliphatic heterocycles. The number of piperazine rings is 1. The smallest absolute Gasteiger partial charge is 0.0441 e. The molecule has 3 heteroatoms. The molecule has 0 unspecified atom stereocenters. The van der Waals surface area contributed by atoms with Gasteiger partial charge in [-0.1, -0.05) is 41.9 Å². The van der Waals surface area contributed by atoms with Gasteiger partial charge in [0.1, 0.15) is 0 Å². The van der Waals surface area contributed by atoms with Crippen molar-refractivity contribution in [3.63, 3.8) is 0 Å². The Bertz CT molecular complexity index is 604. The zero-order valence-corrected chi connectivity index (χ0v) is 13.2. The van der Waals surface area contributed by atoms with Gasteiger partial charge < -0.3 is 9.80 Å². The Morgan fingerprint density at radius 1 is 0.952 bits per heavy atom. The van der Waals surface area contributed by atoms with Gasteiger partial charge in [0.2, 0.25) is 0 Å². The van der Waals surface area contributed by atoms with Crippen molar-refractivity contribution in [1.29, 1.82) is 0 Å². The minimum absolute atomic E-state index is 0.850. The summed E-state index contributed by atoms with van der Waals surface area (Å²) in [5.74, 6) is 0. The molecule has 3 rings (SSSR count). The monoisotopic (exact) mass is 300 g/mol. The number of hydrogen-bond acceptors (Lipinski definition) is 2. The Kier molecular flexibility index (Phi) is 4.47. The maximum atomic E-state index is 6.26.